The minimum Gasteiger partial charge on any atom is -0.436 e. The Bertz CT molecular complexity index is 2680. The van der Waals surface area contributed by atoms with Crippen molar-refractivity contribution in [1.29, 1.82) is 0 Å². The van der Waals surface area contributed by atoms with Gasteiger partial charge in [-0.3, -0.25) is 0 Å². The van der Waals surface area contributed by atoms with E-state index < -0.39 is 171 Å². The maximum atomic E-state index is 7.04. The first-order valence-electron chi connectivity index (χ1n) is 38.9. The van der Waals surface area contributed by atoms with Crippen LogP contribution in [-0.2, 0) is 78.2 Å². The molecule has 4 aliphatic rings. The molecule has 0 aliphatic heterocycles. The zero-order valence-electron chi connectivity index (χ0n) is 74.2. The van der Waals surface area contributed by atoms with Crippen molar-refractivity contribution in [2.45, 2.75) is 340 Å². The summed E-state index contributed by atoms with van der Waals surface area (Å²) in [4.78, 5) is 0. The Balaban J connectivity index is 1.25. The molecule has 0 saturated heterocycles. The van der Waals surface area contributed by atoms with Gasteiger partial charge in [-0.2, -0.15) is 0 Å². The Morgan fingerprint density at radius 1 is 0.214 bits per heavy atom. The lowest BCUT2D eigenvalue weighted by molar-refractivity contribution is 0.250. The van der Waals surface area contributed by atoms with E-state index >= 15 is 0 Å². The summed E-state index contributed by atoms with van der Waals surface area (Å²) in [6, 6.07) is 2.26. The van der Waals surface area contributed by atoms with Gasteiger partial charge in [0, 0.05) is 0 Å². The van der Waals surface area contributed by atoms with E-state index in [-0.39, 0.29) is 0 Å². The molecule has 8 unspecified atom stereocenters. The van der Waals surface area contributed by atoms with Crippen LogP contribution in [0.25, 0.3) is 0 Å². The minimum absolute atomic E-state index is 0.785. The molecule has 0 spiro atoms. The quantitative estimate of drug-likeness (QED) is 0.0415. The fraction of sp³-hybridized carbons (Fsp3) is 0.938. The summed E-state index contributed by atoms with van der Waals surface area (Å²) >= 11 is 0. The largest absolute Gasteiger partial charge is 0.436 e. The molecule has 8 atom stereocenters. The van der Waals surface area contributed by atoms with Crippen LogP contribution in [0, 0.1) is 47.3 Å². The molecule has 0 heterocycles. The highest BCUT2D eigenvalue weighted by atomic mass is 28.6. The van der Waals surface area contributed by atoms with Gasteiger partial charge in [-0.05, 0) is 360 Å². The third kappa shape index (κ3) is 34.8. The molecule has 39 heteroatoms. The molecular weight excluding hydrogens is 1630 g/mol. The third-order valence-electron chi connectivity index (χ3n) is 19.0. The van der Waals surface area contributed by atoms with Gasteiger partial charge in [0.25, 0.3) is 0 Å². The highest BCUT2D eigenvalue weighted by Gasteiger charge is 2.56. The summed E-state index contributed by atoms with van der Waals surface area (Å²) in [5, 5.41) is 0. The summed E-state index contributed by atoms with van der Waals surface area (Å²) in [5.74, 6) is 6.41. The summed E-state index contributed by atoms with van der Waals surface area (Å²) in [5.41, 5.74) is 3.41. The van der Waals surface area contributed by atoms with Crippen LogP contribution in [0.1, 0.15) is 66.2 Å². The van der Waals surface area contributed by atoms with Crippen molar-refractivity contribution in [3.63, 3.8) is 0 Å². The van der Waals surface area contributed by atoms with Crippen LogP contribution >= 0.6 is 0 Å². The standard InChI is InChI=1S/C64H158O19Si20/c1-55-57(3)63-53-61(55)51-59(63)47-45-49-84(5,6)65-86(9,10)67-88(13,14)69-90(17,18)71-92(21,22)73-94(25,26)75-96(29,30)77-98(33,34)79-100(37,38)81-102(41,42)83-103(43,44)82-101(39,40)80-99(35,36)78-97(31,32)76-95(27,28)74-93(23,24)72-91(19,20)70-89(15,16)68-87(11,12)66-85(7,8)50-46-48-60-52-62-54-64(60)58(4)56(62)2/h51-52,55-58,61-64H,45-50,53-54H2,1-44H3. The number of rotatable bonds is 46. The average Bonchev–Trinajstić information content (AvgIpc) is 1.63. The molecule has 0 radical (unpaired) electrons. The van der Waals surface area contributed by atoms with E-state index in [4.69, 9.17) is 78.2 Å². The molecule has 103 heavy (non-hydrogen) atoms. The van der Waals surface area contributed by atoms with Crippen LogP contribution < -0.4 is 0 Å². The lowest BCUT2D eigenvalue weighted by Crippen LogP contribution is -2.63. The van der Waals surface area contributed by atoms with E-state index in [1.165, 1.54) is 38.5 Å². The molecule has 0 aromatic heterocycles. The van der Waals surface area contributed by atoms with Gasteiger partial charge >= 0.3 is 154 Å². The van der Waals surface area contributed by atoms with Crippen molar-refractivity contribution in [1.82, 2.24) is 0 Å². The van der Waals surface area contributed by atoms with Crippen LogP contribution in [0.2, 0.25) is 274 Å². The monoisotopic (exact) mass is 1790 g/mol. The molecule has 4 aliphatic carbocycles. The predicted molar refractivity (Wildman–Crippen MR) is 474 cm³/mol. The first-order valence-corrected chi connectivity index (χ1v) is 95.9. The molecule has 4 rings (SSSR count). The molecule has 0 N–H and O–H groups in total. The van der Waals surface area contributed by atoms with Gasteiger partial charge in [0.15, 0.2) is 16.6 Å². The molecule has 0 aromatic rings. The van der Waals surface area contributed by atoms with Gasteiger partial charge in [-0.15, -0.1) is 0 Å². The molecule has 19 nitrogen and oxygen atoms in total. The number of fused-ring (bicyclic) bond motifs is 4. The van der Waals surface area contributed by atoms with Crippen molar-refractivity contribution in [2.24, 2.45) is 47.3 Å². The van der Waals surface area contributed by atoms with Crippen molar-refractivity contribution < 1.29 is 78.2 Å². The summed E-state index contributed by atoms with van der Waals surface area (Å²) in [6.07, 6.45) is 12.7. The molecule has 4 bridgehead atoms. The predicted octanol–water partition coefficient (Wildman–Crippen LogP) is 21.6. The number of allylic oxidation sites excluding steroid dienone is 4. The first kappa shape index (κ1) is 98.4. The van der Waals surface area contributed by atoms with Crippen LogP contribution in [0.15, 0.2) is 23.3 Å². The number of hydrogen-bond acceptors (Lipinski definition) is 19. The summed E-state index contributed by atoms with van der Waals surface area (Å²) < 4.78 is 133. The second-order valence-corrected chi connectivity index (χ2v) is 114. The Kier molecular flexibility index (Phi) is 32.8. The van der Waals surface area contributed by atoms with Gasteiger partial charge in [0.2, 0.25) is 0 Å². The summed E-state index contributed by atoms with van der Waals surface area (Å²) in [7, 11) is -54.3. The molecule has 608 valence electrons. The number of hydrogen-bond donors (Lipinski definition) is 0. The smallest absolute Gasteiger partial charge is 0.314 e. The van der Waals surface area contributed by atoms with E-state index in [0.717, 1.165) is 59.4 Å². The second-order valence-electron chi connectivity index (χ2n) is 40.3. The van der Waals surface area contributed by atoms with Crippen molar-refractivity contribution in [2.75, 3.05) is 0 Å². The van der Waals surface area contributed by atoms with Gasteiger partial charge in [-0.25, -0.2) is 0 Å². The van der Waals surface area contributed by atoms with Crippen LogP contribution in [0.4, 0.5) is 0 Å². The highest BCUT2D eigenvalue weighted by molar-refractivity contribution is 6.96. The van der Waals surface area contributed by atoms with E-state index in [0.29, 0.717) is 0 Å². The van der Waals surface area contributed by atoms with E-state index in [9.17, 15) is 0 Å². The van der Waals surface area contributed by atoms with E-state index in [2.05, 4.69) is 302 Å². The third-order valence-corrected chi connectivity index (χ3v) is 97.4. The fourth-order valence-corrected chi connectivity index (χ4v) is 123. The zero-order valence-corrected chi connectivity index (χ0v) is 94.2. The molecular formula is C64H158O19Si20. The van der Waals surface area contributed by atoms with Crippen molar-refractivity contribution >= 4 is 171 Å². The van der Waals surface area contributed by atoms with Gasteiger partial charge in [-0.1, -0.05) is 51.0 Å². The fourth-order valence-electron chi connectivity index (χ4n) is 19.0. The maximum Gasteiger partial charge on any atom is 0.314 e. The van der Waals surface area contributed by atoms with Crippen LogP contribution in [0.5, 0.6) is 0 Å². The normalized spacial score (nSPS) is 23.4. The van der Waals surface area contributed by atoms with Gasteiger partial charge < -0.3 is 78.2 Å². The lowest BCUT2D eigenvalue weighted by atomic mass is 9.80. The first-order chi connectivity index (χ1) is 45.2. The van der Waals surface area contributed by atoms with E-state index in [1.54, 1.807) is 11.1 Å². The zero-order chi connectivity index (χ0) is 80.3. The topological polar surface area (TPSA) is 175 Å². The molecule has 2 fully saturated rings. The SMILES string of the molecule is CC1C2C=C(CCC[Si](C)(C)O[Si](C)(C)O[Si](C)(C)O[Si](C)(C)O[Si](C)(C)O[Si](C)(C)O[Si](C)(C)O[Si](C)(C)O[Si](C)(C)O[Si](C)(C)O[Si](C)(C)O[Si](C)(C)O[Si](C)(C)O[Si](C)(C)O[Si](C)(C)O[Si](C)(C)O[Si](C)(C)O[Si](C)(C)O[Si](C)(C)O[Si](C)(C)CCCC3=CC4CC3C(C)C4C)C(C2)C1C. The lowest BCUT2D eigenvalue weighted by Gasteiger charge is -2.45. The van der Waals surface area contributed by atoms with E-state index in [1.807, 2.05) is 0 Å². The van der Waals surface area contributed by atoms with Gasteiger partial charge in [0.1, 0.15) is 0 Å². The Morgan fingerprint density at radius 3 is 0.476 bits per heavy atom. The maximum absolute atomic E-state index is 7.04. The van der Waals surface area contributed by atoms with Gasteiger partial charge in [0.05, 0.1) is 0 Å². The second kappa shape index (κ2) is 34.3. The summed E-state index contributed by atoms with van der Waals surface area (Å²) in [6.45, 7) is 94.9. The van der Waals surface area contributed by atoms with Crippen LogP contribution in [-0.4, -0.2) is 171 Å². The Labute approximate surface area is 654 Å². The van der Waals surface area contributed by atoms with Crippen LogP contribution in [0.3, 0.4) is 0 Å². The Hall–Kier alpha value is 3.06. The minimum atomic E-state index is -2.88. The molecule has 2 saturated carbocycles. The van der Waals surface area contributed by atoms with Crippen molar-refractivity contribution in [3.05, 3.63) is 23.3 Å². The molecule has 0 aromatic carbocycles. The average molecular weight is 1790 g/mol. The highest BCUT2D eigenvalue weighted by Crippen LogP contribution is 2.54. The Morgan fingerprint density at radius 2 is 0.350 bits per heavy atom. The molecule has 0 amide bonds. The van der Waals surface area contributed by atoms with Crippen molar-refractivity contribution in [3.8, 4) is 0 Å².